The maximum Gasteiger partial charge on any atom is 0.0217 e. The van der Waals surface area contributed by atoms with E-state index in [1.54, 1.807) is 0 Å². The molecule has 1 atom stereocenters. The highest BCUT2D eigenvalue weighted by atomic mass is 15.2. The number of likely N-dealkylation sites (N-methyl/N-ethyl adjacent to an activating group) is 1. The van der Waals surface area contributed by atoms with Crippen molar-refractivity contribution in [1.29, 1.82) is 0 Å². The largest absolute Gasteiger partial charge is 0.310 e. The number of likely N-dealkylation sites (tertiary alicyclic amines) is 1. The van der Waals surface area contributed by atoms with Crippen molar-refractivity contribution in [2.45, 2.75) is 64.5 Å². The van der Waals surface area contributed by atoms with E-state index in [2.05, 4.69) is 38.0 Å². The molecule has 1 aliphatic rings. The van der Waals surface area contributed by atoms with Crippen molar-refractivity contribution in [2.24, 2.45) is 0 Å². The Kier molecular flexibility index (Phi) is 5.07. The van der Waals surface area contributed by atoms with Gasteiger partial charge in [0.2, 0.25) is 0 Å². The van der Waals surface area contributed by atoms with Crippen LogP contribution in [0.3, 0.4) is 0 Å². The van der Waals surface area contributed by atoms with Crippen molar-refractivity contribution in [3.63, 3.8) is 0 Å². The number of nitrogens with zero attached hydrogens (tertiary/aromatic N) is 1. The lowest BCUT2D eigenvalue weighted by molar-refractivity contribution is 0.166. The molecule has 0 spiro atoms. The lowest BCUT2D eigenvalue weighted by atomic mass is 9.94. The number of hydrogen-bond acceptors (Lipinski definition) is 2. The minimum Gasteiger partial charge on any atom is -0.310 e. The Labute approximate surface area is 95.4 Å². The van der Waals surface area contributed by atoms with Crippen LogP contribution in [-0.4, -0.2) is 36.6 Å². The fraction of sp³-hybridized carbons (Fsp3) is 1.00. The Morgan fingerprint density at radius 2 is 1.93 bits per heavy atom. The second kappa shape index (κ2) is 5.86. The summed E-state index contributed by atoms with van der Waals surface area (Å²) in [5.74, 6) is 0. The molecule has 1 fully saturated rings. The first-order valence-corrected chi connectivity index (χ1v) is 6.56. The molecule has 0 bridgehead atoms. The first kappa shape index (κ1) is 13.0. The van der Waals surface area contributed by atoms with Crippen molar-refractivity contribution in [3.8, 4) is 0 Å². The summed E-state index contributed by atoms with van der Waals surface area (Å²) >= 11 is 0. The molecule has 0 aliphatic carbocycles. The number of rotatable bonds is 5. The highest BCUT2D eigenvalue weighted by Crippen LogP contribution is 2.17. The van der Waals surface area contributed by atoms with Crippen LogP contribution in [-0.2, 0) is 0 Å². The quantitative estimate of drug-likeness (QED) is 0.753. The number of nitrogens with one attached hydrogen (secondary N) is 1. The summed E-state index contributed by atoms with van der Waals surface area (Å²) in [5, 5.41) is 3.75. The summed E-state index contributed by atoms with van der Waals surface area (Å²) in [6.07, 6.45) is 6.60. The van der Waals surface area contributed by atoms with E-state index >= 15 is 0 Å². The van der Waals surface area contributed by atoms with Crippen LogP contribution in [0.1, 0.15) is 52.9 Å². The zero-order chi connectivity index (χ0) is 11.3. The predicted molar refractivity (Wildman–Crippen MR) is 67.3 cm³/mol. The molecule has 2 heteroatoms. The third kappa shape index (κ3) is 3.76. The molecule has 1 N–H and O–H groups in total. The molecule has 1 aliphatic heterocycles. The number of hydrogen-bond donors (Lipinski definition) is 1. The average Bonchev–Trinajstić information content (AvgIpc) is 2.28. The summed E-state index contributed by atoms with van der Waals surface area (Å²) in [6, 6.07) is 0.760. The van der Waals surface area contributed by atoms with Crippen molar-refractivity contribution in [1.82, 2.24) is 10.2 Å². The van der Waals surface area contributed by atoms with Gasteiger partial charge in [0.1, 0.15) is 0 Å². The van der Waals surface area contributed by atoms with Gasteiger partial charge in [0, 0.05) is 18.1 Å². The van der Waals surface area contributed by atoms with Crippen LogP contribution in [0.2, 0.25) is 0 Å². The molecule has 90 valence electrons. The van der Waals surface area contributed by atoms with Crippen molar-refractivity contribution < 1.29 is 0 Å². The van der Waals surface area contributed by atoms with Crippen LogP contribution in [0.5, 0.6) is 0 Å². The van der Waals surface area contributed by atoms with E-state index in [4.69, 9.17) is 0 Å². The molecule has 1 unspecified atom stereocenters. The van der Waals surface area contributed by atoms with Crippen LogP contribution in [0.15, 0.2) is 0 Å². The molecule has 2 nitrogen and oxygen atoms in total. The molecular weight excluding hydrogens is 184 g/mol. The molecule has 15 heavy (non-hydrogen) atoms. The Hall–Kier alpha value is -0.0800. The second-order valence-corrected chi connectivity index (χ2v) is 5.28. The fourth-order valence-corrected chi connectivity index (χ4v) is 2.27. The molecule has 0 aromatic heterocycles. The zero-order valence-corrected chi connectivity index (χ0v) is 11.0. The maximum atomic E-state index is 3.75. The van der Waals surface area contributed by atoms with Crippen LogP contribution in [0, 0.1) is 0 Å². The lowest BCUT2D eigenvalue weighted by Crippen LogP contribution is -2.50. The summed E-state index contributed by atoms with van der Waals surface area (Å²) in [6.45, 7) is 9.34. The Balaban J connectivity index is 2.34. The molecule has 0 amide bonds. The summed E-state index contributed by atoms with van der Waals surface area (Å²) in [4.78, 5) is 2.52. The summed E-state index contributed by atoms with van der Waals surface area (Å²) in [7, 11) is 2.26. The van der Waals surface area contributed by atoms with Gasteiger partial charge in [-0.3, -0.25) is 0 Å². The first-order valence-electron chi connectivity index (χ1n) is 6.56. The van der Waals surface area contributed by atoms with Crippen molar-refractivity contribution >= 4 is 0 Å². The highest BCUT2D eigenvalue weighted by Gasteiger charge is 2.23. The molecule has 0 saturated carbocycles. The van der Waals surface area contributed by atoms with Crippen LogP contribution in [0.4, 0.5) is 0 Å². The average molecular weight is 212 g/mol. The summed E-state index contributed by atoms with van der Waals surface area (Å²) < 4.78 is 0. The minimum atomic E-state index is 0.346. The van der Waals surface area contributed by atoms with Crippen molar-refractivity contribution in [2.75, 3.05) is 20.1 Å². The fourth-order valence-electron chi connectivity index (χ4n) is 2.27. The maximum absolute atomic E-state index is 3.75. The summed E-state index contributed by atoms with van der Waals surface area (Å²) in [5.41, 5.74) is 0.346. The van der Waals surface area contributed by atoms with Gasteiger partial charge in [0.25, 0.3) is 0 Å². The van der Waals surface area contributed by atoms with Gasteiger partial charge in [-0.05, 0) is 46.2 Å². The second-order valence-electron chi connectivity index (χ2n) is 5.28. The lowest BCUT2D eigenvalue weighted by Gasteiger charge is -2.36. The molecule has 0 aromatic rings. The normalized spacial score (nSPS) is 24.4. The Morgan fingerprint density at radius 1 is 1.27 bits per heavy atom. The van der Waals surface area contributed by atoms with Gasteiger partial charge in [0.05, 0.1) is 0 Å². The molecule has 0 radical (unpaired) electrons. The van der Waals surface area contributed by atoms with E-state index in [1.807, 2.05) is 0 Å². The third-order valence-corrected chi connectivity index (χ3v) is 4.25. The molecule has 1 saturated heterocycles. The van der Waals surface area contributed by atoms with E-state index in [0.717, 1.165) is 12.6 Å². The van der Waals surface area contributed by atoms with Gasteiger partial charge in [-0.1, -0.05) is 20.3 Å². The standard InChI is InChI=1S/C13H28N2/c1-5-13(3,6-2)14-11-12-9-7-8-10-15(12)4/h12,14H,5-11H2,1-4H3. The molecule has 0 aromatic carbocycles. The van der Waals surface area contributed by atoms with Crippen LogP contribution in [0.25, 0.3) is 0 Å². The molecular formula is C13H28N2. The number of piperidine rings is 1. The monoisotopic (exact) mass is 212 g/mol. The van der Waals surface area contributed by atoms with E-state index in [9.17, 15) is 0 Å². The van der Waals surface area contributed by atoms with Gasteiger partial charge >= 0.3 is 0 Å². The minimum absolute atomic E-state index is 0.346. The van der Waals surface area contributed by atoms with Gasteiger partial charge in [-0.15, -0.1) is 0 Å². The first-order chi connectivity index (χ1) is 7.11. The van der Waals surface area contributed by atoms with E-state index < -0.39 is 0 Å². The van der Waals surface area contributed by atoms with E-state index in [0.29, 0.717) is 5.54 Å². The van der Waals surface area contributed by atoms with Crippen molar-refractivity contribution in [3.05, 3.63) is 0 Å². The Bertz CT molecular complexity index is 175. The van der Waals surface area contributed by atoms with E-state index in [1.165, 1.54) is 38.6 Å². The SMILES string of the molecule is CCC(C)(CC)NCC1CCCCN1C. The van der Waals surface area contributed by atoms with Gasteiger partial charge in [-0.2, -0.15) is 0 Å². The highest BCUT2D eigenvalue weighted by molar-refractivity contribution is 4.84. The van der Waals surface area contributed by atoms with Gasteiger partial charge in [0.15, 0.2) is 0 Å². The van der Waals surface area contributed by atoms with Gasteiger partial charge < -0.3 is 10.2 Å². The van der Waals surface area contributed by atoms with Gasteiger partial charge in [-0.25, -0.2) is 0 Å². The third-order valence-electron chi connectivity index (χ3n) is 4.25. The van der Waals surface area contributed by atoms with Crippen LogP contribution >= 0.6 is 0 Å². The van der Waals surface area contributed by atoms with E-state index in [-0.39, 0.29) is 0 Å². The predicted octanol–water partition coefficient (Wildman–Crippen LogP) is 2.64. The molecule has 1 rings (SSSR count). The molecule has 1 heterocycles. The van der Waals surface area contributed by atoms with Crippen LogP contribution < -0.4 is 5.32 Å². The topological polar surface area (TPSA) is 15.3 Å². The smallest absolute Gasteiger partial charge is 0.0217 e. The zero-order valence-electron chi connectivity index (χ0n) is 11.0. The Morgan fingerprint density at radius 3 is 2.47 bits per heavy atom.